The zero-order chi connectivity index (χ0) is 19.9. The Kier molecular flexibility index (Phi) is 8.56. The van der Waals surface area contributed by atoms with E-state index in [0.29, 0.717) is 25.3 Å². The Labute approximate surface area is 158 Å². The normalized spacial score (nSPS) is 11.8. The first-order valence-corrected chi connectivity index (χ1v) is 10.8. The van der Waals surface area contributed by atoms with Gasteiger partial charge >= 0.3 is 0 Å². The number of benzene rings is 1. The Morgan fingerprint density at radius 1 is 1.15 bits per heavy atom. The summed E-state index contributed by atoms with van der Waals surface area (Å²) in [6.45, 7) is 8.86. The van der Waals surface area contributed by atoms with E-state index in [1.54, 1.807) is 7.11 Å². The quantitative estimate of drug-likeness (QED) is 0.630. The molecule has 0 spiro atoms. The predicted molar refractivity (Wildman–Crippen MR) is 106 cm³/mol. The van der Waals surface area contributed by atoms with Crippen molar-refractivity contribution >= 4 is 21.6 Å². The lowest BCUT2D eigenvalue weighted by Gasteiger charge is -2.29. The summed E-state index contributed by atoms with van der Waals surface area (Å²) in [6.07, 6.45) is 1.83. The molecular weight excluding hydrogens is 352 g/mol. The maximum Gasteiger partial charge on any atom is 0.240 e. The molecule has 1 aromatic rings. The number of hydrogen-bond acceptors (Lipinski definition) is 4. The molecular formula is C19H32N2O4S. The second-order valence-electron chi connectivity index (χ2n) is 7.06. The number of ether oxygens (including phenoxy) is 1. The highest BCUT2D eigenvalue weighted by Crippen LogP contribution is 2.36. The van der Waals surface area contributed by atoms with Crippen LogP contribution in [0.1, 0.15) is 57.1 Å². The number of para-hydroxylation sites is 1. The molecule has 148 valence electrons. The molecule has 0 atom stereocenters. The van der Waals surface area contributed by atoms with Crippen LogP contribution in [0.5, 0.6) is 0 Å². The van der Waals surface area contributed by atoms with Crippen molar-refractivity contribution in [3.05, 3.63) is 29.3 Å². The predicted octanol–water partition coefficient (Wildman–Crippen LogP) is 2.85. The van der Waals surface area contributed by atoms with Gasteiger partial charge in [-0.05, 0) is 29.4 Å². The molecule has 0 aliphatic rings. The standard InChI is InChI=1S/C19H32N2O4S/c1-14(2)16-9-7-10-17(15(3)4)19(16)21(26(6,23)24)13-18(22)20-11-8-12-25-5/h7,9-10,14-15H,8,11-13H2,1-6H3,(H,20,22). The molecule has 0 unspecified atom stereocenters. The van der Waals surface area contributed by atoms with Crippen LogP contribution in [0.25, 0.3) is 0 Å². The van der Waals surface area contributed by atoms with Crippen LogP contribution >= 0.6 is 0 Å². The molecule has 1 aromatic carbocycles. The Morgan fingerprint density at radius 3 is 2.12 bits per heavy atom. The van der Waals surface area contributed by atoms with Crippen molar-refractivity contribution in [1.29, 1.82) is 0 Å². The van der Waals surface area contributed by atoms with E-state index in [1.165, 1.54) is 4.31 Å². The maximum absolute atomic E-state index is 12.5. The summed E-state index contributed by atoms with van der Waals surface area (Å²) in [6, 6.07) is 5.81. The van der Waals surface area contributed by atoms with Crippen LogP contribution in [-0.4, -0.2) is 47.4 Å². The van der Waals surface area contributed by atoms with E-state index in [4.69, 9.17) is 4.74 Å². The molecule has 6 nitrogen and oxygen atoms in total. The fourth-order valence-electron chi connectivity index (χ4n) is 2.79. The van der Waals surface area contributed by atoms with Gasteiger partial charge in [0, 0.05) is 20.3 Å². The van der Waals surface area contributed by atoms with Gasteiger partial charge in [0.2, 0.25) is 15.9 Å². The van der Waals surface area contributed by atoms with Gasteiger partial charge in [0.15, 0.2) is 0 Å². The van der Waals surface area contributed by atoms with Gasteiger partial charge in [0.05, 0.1) is 11.9 Å². The lowest BCUT2D eigenvalue weighted by molar-refractivity contribution is -0.119. The number of nitrogens with zero attached hydrogens (tertiary/aromatic N) is 1. The minimum absolute atomic E-state index is 0.137. The molecule has 26 heavy (non-hydrogen) atoms. The number of methoxy groups -OCH3 is 1. The summed E-state index contributed by atoms with van der Waals surface area (Å²) in [7, 11) is -2.01. The zero-order valence-corrected chi connectivity index (χ0v) is 17.5. The molecule has 1 amide bonds. The smallest absolute Gasteiger partial charge is 0.240 e. The second-order valence-corrected chi connectivity index (χ2v) is 8.97. The molecule has 0 saturated carbocycles. The highest BCUT2D eigenvalue weighted by atomic mass is 32.2. The van der Waals surface area contributed by atoms with E-state index >= 15 is 0 Å². The van der Waals surface area contributed by atoms with E-state index in [0.717, 1.165) is 17.4 Å². The molecule has 0 bridgehead atoms. The highest BCUT2D eigenvalue weighted by molar-refractivity contribution is 7.92. The van der Waals surface area contributed by atoms with Gasteiger partial charge in [0.25, 0.3) is 0 Å². The average Bonchev–Trinajstić information content (AvgIpc) is 2.54. The molecule has 0 heterocycles. The largest absolute Gasteiger partial charge is 0.385 e. The van der Waals surface area contributed by atoms with E-state index in [2.05, 4.69) is 5.32 Å². The fraction of sp³-hybridized carbons (Fsp3) is 0.632. The first-order chi connectivity index (χ1) is 12.1. The Hall–Kier alpha value is -1.60. The summed E-state index contributed by atoms with van der Waals surface area (Å²) in [4.78, 5) is 12.3. The summed E-state index contributed by atoms with van der Waals surface area (Å²) in [5.41, 5.74) is 2.48. The molecule has 0 fully saturated rings. The third-order valence-corrected chi connectivity index (χ3v) is 5.24. The molecule has 0 aromatic heterocycles. The van der Waals surface area contributed by atoms with Gasteiger partial charge in [0.1, 0.15) is 6.54 Å². The topological polar surface area (TPSA) is 75.7 Å². The van der Waals surface area contributed by atoms with E-state index in [1.807, 2.05) is 45.9 Å². The van der Waals surface area contributed by atoms with Crippen molar-refractivity contribution in [2.24, 2.45) is 0 Å². The van der Waals surface area contributed by atoms with Crippen LogP contribution in [0.4, 0.5) is 5.69 Å². The number of rotatable bonds is 10. The van der Waals surface area contributed by atoms with Gasteiger partial charge in [-0.15, -0.1) is 0 Å². The van der Waals surface area contributed by atoms with Crippen molar-refractivity contribution in [2.75, 3.05) is 37.4 Å². The number of amides is 1. The van der Waals surface area contributed by atoms with Crippen LogP contribution < -0.4 is 9.62 Å². The highest BCUT2D eigenvalue weighted by Gasteiger charge is 2.27. The summed E-state index contributed by atoms with van der Waals surface area (Å²) in [5, 5.41) is 2.76. The molecule has 1 N–H and O–H groups in total. The van der Waals surface area contributed by atoms with Crippen LogP contribution in [0.2, 0.25) is 0 Å². The van der Waals surface area contributed by atoms with Crippen molar-refractivity contribution < 1.29 is 17.9 Å². The molecule has 0 radical (unpaired) electrons. The van der Waals surface area contributed by atoms with Crippen LogP contribution in [0.15, 0.2) is 18.2 Å². The second kappa shape index (κ2) is 9.92. The monoisotopic (exact) mass is 384 g/mol. The van der Waals surface area contributed by atoms with Crippen LogP contribution in [-0.2, 0) is 19.6 Å². The molecule has 7 heteroatoms. The number of hydrogen-bond donors (Lipinski definition) is 1. The van der Waals surface area contributed by atoms with E-state index in [9.17, 15) is 13.2 Å². The third-order valence-electron chi connectivity index (χ3n) is 4.13. The first kappa shape index (κ1) is 22.4. The number of carbonyl (C=O) groups is 1. The third kappa shape index (κ3) is 6.29. The Bertz CT molecular complexity index is 673. The molecule has 0 aliphatic heterocycles. The van der Waals surface area contributed by atoms with Crippen molar-refractivity contribution in [3.8, 4) is 0 Å². The number of carbonyl (C=O) groups excluding carboxylic acids is 1. The fourth-order valence-corrected chi connectivity index (χ4v) is 3.69. The van der Waals surface area contributed by atoms with Crippen LogP contribution in [0.3, 0.4) is 0 Å². The van der Waals surface area contributed by atoms with Gasteiger partial charge < -0.3 is 10.1 Å². The zero-order valence-electron chi connectivity index (χ0n) is 16.7. The molecule has 1 rings (SSSR count). The van der Waals surface area contributed by atoms with Gasteiger partial charge in [-0.25, -0.2) is 8.42 Å². The molecule has 0 aliphatic carbocycles. The minimum atomic E-state index is -3.61. The van der Waals surface area contributed by atoms with Gasteiger partial charge in [-0.1, -0.05) is 45.9 Å². The molecule has 0 saturated heterocycles. The van der Waals surface area contributed by atoms with E-state index in [-0.39, 0.29) is 24.3 Å². The first-order valence-electron chi connectivity index (χ1n) is 8.95. The maximum atomic E-state index is 12.5. The number of sulfonamides is 1. The van der Waals surface area contributed by atoms with E-state index < -0.39 is 10.0 Å². The van der Waals surface area contributed by atoms with Crippen LogP contribution in [0, 0.1) is 0 Å². The summed E-state index contributed by atoms with van der Waals surface area (Å²) in [5.74, 6) is -0.0461. The number of nitrogens with one attached hydrogen (secondary N) is 1. The van der Waals surface area contributed by atoms with Crippen molar-refractivity contribution in [2.45, 2.75) is 46.0 Å². The Balaban J connectivity index is 3.24. The van der Waals surface area contributed by atoms with Gasteiger partial charge in [-0.3, -0.25) is 9.10 Å². The minimum Gasteiger partial charge on any atom is -0.385 e. The Morgan fingerprint density at radius 2 is 1.69 bits per heavy atom. The lowest BCUT2D eigenvalue weighted by Crippen LogP contribution is -2.41. The van der Waals surface area contributed by atoms with Gasteiger partial charge in [-0.2, -0.15) is 0 Å². The average molecular weight is 385 g/mol. The van der Waals surface area contributed by atoms with Crippen molar-refractivity contribution in [1.82, 2.24) is 5.32 Å². The number of anilines is 1. The lowest BCUT2D eigenvalue weighted by atomic mass is 9.92. The van der Waals surface area contributed by atoms with Crippen molar-refractivity contribution in [3.63, 3.8) is 0 Å². The summed E-state index contributed by atoms with van der Waals surface area (Å²) < 4.78 is 31.2. The summed E-state index contributed by atoms with van der Waals surface area (Å²) >= 11 is 0. The SMILES string of the molecule is COCCCNC(=O)CN(c1c(C(C)C)cccc1C(C)C)S(C)(=O)=O.